The first-order chi connectivity index (χ1) is 15.1. The van der Waals surface area contributed by atoms with E-state index in [1.165, 1.54) is 0 Å². The minimum Gasteiger partial charge on any atom is -0.495 e. The van der Waals surface area contributed by atoms with Crippen LogP contribution in [0.5, 0.6) is 17.2 Å². The number of nitrogens with zero attached hydrogens (tertiary/aromatic N) is 2. The van der Waals surface area contributed by atoms with Crippen molar-refractivity contribution in [3.05, 3.63) is 48.8 Å². The minimum absolute atomic E-state index is 0.231. The molecule has 1 aliphatic heterocycles. The van der Waals surface area contributed by atoms with Crippen LogP contribution in [0.3, 0.4) is 0 Å². The Labute approximate surface area is 179 Å². The summed E-state index contributed by atoms with van der Waals surface area (Å²) in [6.07, 6.45) is 4.74. The Hall–Kier alpha value is -3.58. The van der Waals surface area contributed by atoms with Crippen LogP contribution in [0.4, 0.5) is 5.69 Å². The summed E-state index contributed by atoms with van der Waals surface area (Å²) in [5.74, 6) is 1.72. The van der Waals surface area contributed by atoms with E-state index in [0.717, 1.165) is 45.0 Å². The monoisotopic (exact) mass is 419 g/mol. The third-order valence-corrected chi connectivity index (χ3v) is 5.66. The van der Waals surface area contributed by atoms with Crippen molar-refractivity contribution < 1.29 is 28.5 Å². The zero-order valence-electron chi connectivity index (χ0n) is 17.4. The molecule has 31 heavy (non-hydrogen) atoms. The van der Waals surface area contributed by atoms with Crippen molar-refractivity contribution in [3.8, 4) is 17.2 Å². The van der Waals surface area contributed by atoms with Crippen molar-refractivity contribution in [1.29, 1.82) is 0 Å². The summed E-state index contributed by atoms with van der Waals surface area (Å²) in [6, 6.07) is 12.0. The van der Waals surface area contributed by atoms with Gasteiger partial charge in [-0.3, -0.25) is 4.79 Å². The number of aliphatic hydroxyl groups is 1. The zero-order chi connectivity index (χ0) is 21.5. The molecule has 0 bridgehead atoms. The largest absolute Gasteiger partial charge is 0.495 e. The summed E-state index contributed by atoms with van der Waals surface area (Å²) >= 11 is 0. The molecule has 4 aromatic rings. The molecule has 1 aliphatic rings. The Balaban J connectivity index is 1.80. The lowest BCUT2D eigenvalue weighted by Crippen LogP contribution is -2.34. The molecule has 2 aromatic carbocycles. The zero-order valence-corrected chi connectivity index (χ0v) is 17.4. The normalized spacial score (nSPS) is 12.6. The van der Waals surface area contributed by atoms with Gasteiger partial charge >= 0.3 is 0 Å². The molecule has 0 saturated heterocycles. The van der Waals surface area contributed by atoms with Gasteiger partial charge in [0.1, 0.15) is 18.0 Å². The Morgan fingerprint density at radius 3 is 2.65 bits per heavy atom. The molecule has 1 N–H and O–H groups in total. The van der Waals surface area contributed by atoms with Gasteiger partial charge in [-0.05, 0) is 35.4 Å². The van der Waals surface area contributed by atoms with Gasteiger partial charge in [-0.25, -0.2) is 0 Å². The number of hydrogen-bond acceptors (Lipinski definition) is 5. The number of hydrogen-bond donors (Lipinski definition) is 1. The smallest absolute Gasteiger partial charge is 0.252 e. The molecular formula is C24H23N2O5+. The van der Waals surface area contributed by atoms with Crippen LogP contribution in [0.15, 0.2) is 48.8 Å². The maximum absolute atomic E-state index is 12.5. The standard InChI is InChI=1S/C24H23N2O5/c1-3-7-26(23(28)13-27)24-18-12-25-8-6-16-10-21-22(31-14-30-21)11-17(16)19(25)9-15(18)4-5-20(24)29-2/h4-6,8-12,27H,3,7,13-14H2,1-2H3/q+1. The van der Waals surface area contributed by atoms with Crippen molar-refractivity contribution in [2.45, 2.75) is 13.3 Å². The lowest BCUT2D eigenvalue weighted by molar-refractivity contribution is -0.509. The van der Waals surface area contributed by atoms with Crippen molar-refractivity contribution >= 4 is 38.7 Å². The molecule has 3 heterocycles. The molecule has 0 atom stereocenters. The van der Waals surface area contributed by atoms with Crippen LogP contribution in [-0.2, 0) is 4.79 Å². The molecule has 158 valence electrons. The molecule has 2 aromatic heterocycles. The molecule has 0 aliphatic carbocycles. The number of pyridine rings is 2. The molecule has 1 amide bonds. The van der Waals surface area contributed by atoms with Crippen LogP contribution >= 0.6 is 0 Å². The fourth-order valence-electron chi connectivity index (χ4n) is 4.23. The van der Waals surface area contributed by atoms with Crippen molar-refractivity contribution in [2.75, 3.05) is 32.0 Å². The number of carbonyl (C=O) groups is 1. The molecule has 0 unspecified atom stereocenters. The van der Waals surface area contributed by atoms with E-state index >= 15 is 0 Å². The maximum Gasteiger partial charge on any atom is 0.252 e. The van der Waals surface area contributed by atoms with Gasteiger partial charge in [0.05, 0.1) is 17.9 Å². The summed E-state index contributed by atoms with van der Waals surface area (Å²) in [6.45, 7) is 2.15. The average molecular weight is 419 g/mol. The van der Waals surface area contributed by atoms with Crippen LogP contribution < -0.4 is 23.5 Å². The summed E-state index contributed by atoms with van der Waals surface area (Å²) in [4.78, 5) is 14.2. The molecule has 0 saturated carbocycles. The first kappa shape index (κ1) is 19.4. The van der Waals surface area contributed by atoms with Gasteiger partial charge < -0.3 is 24.2 Å². The molecule has 5 rings (SSSR count). The minimum atomic E-state index is -0.557. The van der Waals surface area contributed by atoms with Crippen LogP contribution in [0, 0.1) is 0 Å². The fraction of sp³-hybridized carbons (Fsp3) is 0.250. The highest BCUT2D eigenvalue weighted by Crippen LogP contribution is 2.39. The van der Waals surface area contributed by atoms with Crippen LogP contribution in [0.25, 0.3) is 27.1 Å². The number of fused-ring (bicyclic) bond motifs is 5. The number of carbonyl (C=O) groups excluding carboxylic acids is 1. The second kappa shape index (κ2) is 7.59. The summed E-state index contributed by atoms with van der Waals surface area (Å²) < 4.78 is 18.7. The van der Waals surface area contributed by atoms with E-state index in [1.807, 2.05) is 54.0 Å². The number of aromatic nitrogens is 1. The number of anilines is 1. The predicted molar refractivity (Wildman–Crippen MR) is 117 cm³/mol. The average Bonchev–Trinajstić information content (AvgIpc) is 3.26. The van der Waals surface area contributed by atoms with E-state index in [1.54, 1.807) is 12.0 Å². The van der Waals surface area contributed by atoms with E-state index in [0.29, 0.717) is 18.0 Å². The molecule has 7 heteroatoms. The van der Waals surface area contributed by atoms with Gasteiger partial charge in [0.2, 0.25) is 12.3 Å². The number of methoxy groups -OCH3 is 1. The van der Waals surface area contributed by atoms with Gasteiger partial charge in [0.25, 0.3) is 5.91 Å². The van der Waals surface area contributed by atoms with E-state index in [-0.39, 0.29) is 12.7 Å². The SMILES string of the molecule is CCCN(C(=O)CO)c1c(OC)ccc2cc3c4cc5c(cc4cc[n+]3cc12)OCO5. The number of amides is 1. The first-order valence-electron chi connectivity index (χ1n) is 10.2. The number of benzene rings is 2. The van der Waals surface area contributed by atoms with E-state index in [2.05, 4.69) is 6.07 Å². The quantitative estimate of drug-likeness (QED) is 0.306. The molecule has 0 radical (unpaired) electrons. The van der Waals surface area contributed by atoms with Gasteiger partial charge in [-0.1, -0.05) is 13.0 Å². The summed E-state index contributed by atoms with van der Waals surface area (Å²) in [5.41, 5.74) is 1.68. The highest BCUT2D eigenvalue weighted by Gasteiger charge is 2.24. The Kier molecular flexibility index (Phi) is 4.75. The highest BCUT2D eigenvalue weighted by atomic mass is 16.7. The third-order valence-electron chi connectivity index (χ3n) is 5.66. The van der Waals surface area contributed by atoms with Crippen LogP contribution in [-0.4, -0.2) is 38.1 Å². The predicted octanol–water partition coefficient (Wildman–Crippen LogP) is 3.20. The molecular weight excluding hydrogens is 396 g/mol. The van der Waals surface area contributed by atoms with Crippen molar-refractivity contribution in [2.24, 2.45) is 0 Å². The Morgan fingerprint density at radius 2 is 1.90 bits per heavy atom. The van der Waals surface area contributed by atoms with Crippen molar-refractivity contribution in [3.63, 3.8) is 0 Å². The Bertz CT molecular complexity index is 1330. The first-order valence-corrected chi connectivity index (χ1v) is 10.2. The highest BCUT2D eigenvalue weighted by molar-refractivity contribution is 6.08. The van der Waals surface area contributed by atoms with Crippen LogP contribution in [0.1, 0.15) is 13.3 Å². The van der Waals surface area contributed by atoms with Crippen LogP contribution in [0.2, 0.25) is 0 Å². The van der Waals surface area contributed by atoms with E-state index in [9.17, 15) is 9.90 Å². The fourth-order valence-corrected chi connectivity index (χ4v) is 4.23. The third kappa shape index (κ3) is 3.09. The number of rotatable bonds is 5. The number of aliphatic hydroxyl groups excluding tert-OH is 1. The van der Waals surface area contributed by atoms with Gasteiger partial charge in [0, 0.05) is 18.7 Å². The number of ether oxygens (including phenoxy) is 3. The molecule has 0 spiro atoms. The molecule has 0 fully saturated rings. The lowest BCUT2D eigenvalue weighted by atomic mass is 10.0. The maximum atomic E-state index is 12.5. The summed E-state index contributed by atoms with van der Waals surface area (Å²) in [5, 5.41) is 13.5. The van der Waals surface area contributed by atoms with E-state index in [4.69, 9.17) is 14.2 Å². The molecule has 7 nitrogen and oxygen atoms in total. The topological polar surface area (TPSA) is 72.3 Å². The van der Waals surface area contributed by atoms with Gasteiger partial charge in [0.15, 0.2) is 23.9 Å². The van der Waals surface area contributed by atoms with E-state index < -0.39 is 6.61 Å². The van der Waals surface area contributed by atoms with Gasteiger partial charge in [-0.15, -0.1) is 0 Å². The second-order valence-electron chi connectivity index (χ2n) is 7.50. The Morgan fingerprint density at radius 1 is 1.13 bits per heavy atom. The lowest BCUT2D eigenvalue weighted by Gasteiger charge is -2.24. The van der Waals surface area contributed by atoms with Crippen molar-refractivity contribution in [1.82, 2.24) is 0 Å². The van der Waals surface area contributed by atoms with Gasteiger partial charge in [-0.2, -0.15) is 4.40 Å². The summed E-state index contributed by atoms with van der Waals surface area (Å²) in [7, 11) is 1.59. The second-order valence-corrected chi connectivity index (χ2v) is 7.50.